The van der Waals surface area contributed by atoms with Crippen LogP contribution in [0.5, 0.6) is 0 Å². The van der Waals surface area contributed by atoms with Crippen molar-refractivity contribution in [3.63, 3.8) is 0 Å². The molecule has 0 unspecified atom stereocenters. The first kappa shape index (κ1) is 20.1. The lowest BCUT2D eigenvalue weighted by atomic mass is 10.0. The third-order valence-corrected chi connectivity index (χ3v) is 5.61. The molecule has 0 atom stereocenters. The molecule has 28 heavy (non-hydrogen) atoms. The fourth-order valence-electron chi connectivity index (χ4n) is 4.62. The standard InChI is InChI=1S/C26H33N2/c1-8-10-23-14-18(3)25(19(4)15-23)27-12-13-28(22(27)7)26-20(5)16-24(11-9-2)17-21(26)6/h8-11,14-17H,12-13H2,1-7H3/q+1/b10-8+,11-9+. The Bertz CT molecular complexity index is 943. The van der Waals surface area contributed by atoms with Gasteiger partial charge in [0.2, 0.25) is 0 Å². The highest BCUT2D eigenvalue weighted by molar-refractivity contribution is 5.96. The van der Waals surface area contributed by atoms with Gasteiger partial charge in [0.1, 0.15) is 24.5 Å². The first-order valence-corrected chi connectivity index (χ1v) is 10.2. The Hall–Kier alpha value is -2.61. The molecule has 0 aliphatic carbocycles. The van der Waals surface area contributed by atoms with Crippen molar-refractivity contribution in [1.82, 2.24) is 0 Å². The fourth-order valence-corrected chi connectivity index (χ4v) is 4.62. The monoisotopic (exact) mass is 373 g/mol. The maximum atomic E-state index is 2.49. The van der Waals surface area contributed by atoms with Crippen molar-refractivity contribution < 1.29 is 4.58 Å². The Morgan fingerprint density at radius 1 is 0.750 bits per heavy atom. The van der Waals surface area contributed by atoms with Crippen LogP contribution in [-0.2, 0) is 0 Å². The van der Waals surface area contributed by atoms with Crippen LogP contribution in [0.4, 0.5) is 11.4 Å². The third-order valence-electron chi connectivity index (χ3n) is 5.61. The molecule has 0 radical (unpaired) electrons. The van der Waals surface area contributed by atoms with Gasteiger partial charge < -0.3 is 0 Å². The van der Waals surface area contributed by atoms with Gasteiger partial charge in [0, 0.05) is 6.92 Å². The molecular formula is C26H33N2+. The van der Waals surface area contributed by atoms with Gasteiger partial charge in [-0.2, -0.15) is 0 Å². The lowest BCUT2D eigenvalue weighted by Gasteiger charge is -2.17. The van der Waals surface area contributed by atoms with Gasteiger partial charge >= 0.3 is 0 Å². The Labute approximate surface area is 170 Å². The summed E-state index contributed by atoms with van der Waals surface area (Å²) in [6.07, 6.45) is 8.56. The van der Waals surface area contributed by atoms with Gasteiger partial charge in [-0.1, -0.05) is 24.3 Å². The molecule has 0 saturated heterocycles. The first-order chi connectivity index (χ1) is 13.4. The van der Waals surface area contributed by atoms with Gasteiger partial charge in [-0.15, -0.1) is 0 Å². The normalized spacial score (nSPS) is 14.9. The van der Waals surface area contributed by atoms with E-state index >= 15 is 0 Å². The summed E-state index contributed by atoms with van der Waals surface area (Å²) in [6.45, 7) is 17.4. The zero-order chi connectivity index (χ0) is 20.4. The van der Waals surface area contributed by atoms with Gasteiger partial charge in [-0.25, -0.2) is 9.48 Å². The summed E-state index contributed by atoms with van der Waals surface area (Å²) >= 11 is 0. The number of benzene rings is 2. The number of hydrogen-bond donors (Lipinski definition) is 0. The lowest BCUT2D eigenvalue weighted by molar-refractivity contribution is -0.430. The van der Waals surface area contributed by atoms with Crippen LogP contribution in [-0.4, -0.2) is 23.5 Å². The SMILES string of the molecule is C/C=C/c1cc(C)c(N2CC[N+](c3c(C)cc(/C=C/C)cc3C)=C2C)c(C)c1. The topological polar surface area (TPSA) is 6.25 Å². The molecule has 0 saturated carbocycles. The van der Waals surface area contributed by atoms with Crippen LogP contribution in [0.1, 0.15) is 54.2 Å². The van der Waals surface area contributed by atoms with E-state index in [1.807, 2.05) is 0 Å². The summed E-state index contributed by atoms with van der Waals surface area (Å²) in [5.41, 5.74) is 10.6. The molecule has 0 spiro atoms. The summed E-state index contributed by atoms with van der Waals surface area (Å²) in [6, 6.07) is 9.17. The van der Waals surface area contributed by atoms with Crippen LogP contribution in [0.25, 0.3) is 12.2 Å². The first-order valence-electron chi connectivity index (χ1n) is 10.2. The van der Waals surface area contributed by atoms with E-state index < -0.39 is 0 Å². The molecule has 2 aromatic carbocycles. The van der Waals surface area contributed by atoms with E-state index in [-0.39, 0.29) is 0 Å². The van der Waals surface area contributed by atoms with E-state index in [1.165, 1.54) is 50.6 Å². The van der Waals surface area contributed by atoms with Crippen LogP contribution < -0.4 is 4.90 Å². The van der Waals surface area contributed by atoms with Crippen LogP contribution in [0, 0.1) is 27.7 Å². The maximum absolute atomic E-state index is 2.49. The molecule has 0 fully saturated rings. The largest absolute Gasteiger partial charge is 0.254 e. The predicted molar refractivity (Wildman–Crippen MR) is 124 cm³/mol. The smallest absolute Gasteiger partial charge is 0.227 e. The zero-order valence-electron chi connectivity index (χ0n) is 18.4. The highest BCUT2D eigenvalue weighted by atomic mass is 15.3. The van der Waals surface area contributed by atoms with Gasteiger partial charge in [0.05, 0.1) is 0 Å². The molecule has 2 heteroatoms. The highest BCUT2D eigenvalue weighted by Crippen LogP contribution is 2.32. The average Bonchev–Trinajstić information content (AvgIpc) is 2.96. The number of anilines is 1. The van der Waals surface area contributed by atoms with Crippen molar-refractivity contribution in [2.75, 3.05) is 18.0 Å². The van der Waals surface area contributed by atoms with Gasteiger partial charge in [-0.05, 0) is 99.2 Å². The van der Waals surface area contributed by atoms with Crippen molar-refractivity contribution in [2.24, 2.45) is 0 Å². The molecule has 1 aliphatic rings. The van der Waals surface area contributed by atoms with E-state index in [0.29, 0.717) is 0 Å². The summed E-state index contributed by atoms with van der Waals surface area (Å²) in [5.74, 6) is 1.31. The molecule has 0 amide bonds. The van der Waals surface area contributed by atoms with E-state index in [2.05, 4.69) is 107 Å². The van der Waals surface area contributed by atoms with E-state index in [0.717, 1.165) is 13.1 Å². The van der Waals surface area contributed by atoms with Crippen molar-refractivity contribution in [3.05, 3.63) is 69.8 Å². The summed E-state index contributed by atoms with van der Waals surface area (Å²) in [4.78, 5) is 2.49. The second-order valence-corrected chi connectivity index (χ2v) is 7.86. The van der Waals surface area contributed by atoms with Crippen molar-refractivity contribution in [2.45, 2.75) is 48.5 Å². The summed E-state index contributed by atoms with van der Waals surface area (Å²) in [7, 11) is 0. The molecule has 146 valence electrons. The quantitative estimate of drug-likeness (QED) is 0.549. The number of amidine groups is 1. The second kappa shape index (κ2) is 8.18. The summed E-state index contributed by atoms with van der Waals surface area (Å²) in [5, 5.41) is 0. The third kappa shape index (κ3) is 3.69. The second-order valence-electron chi connectivity index (χ2n) is 7.86. The Kier molecular flexibility index (Phi) is 5.88. The van der Waals surface area contributed by atoms with E-state index in [4.69, 9.17) is 0 Å². The average molecular weight is 374 g/mol. The molecule has 1 heterocycles. The van der Waals surface area contributed by atoms with Gasteiger partial charge in [-0.3, -0.25) is 0 Å². The lowest BCUT2D eigenvalue weighted by Crippen LogP contribution is -2.27. The van der Waals surface area contributed by atoms with Crippen LogP contribution >= 0.6 is 0 Å². The maximum Gasteiger partial charge on any atom is 0.254 e. The highest BCUT2D eigenvalue weighted by Gasteiger charge is 2.33. The fraction of sp³-hybridized carbons (Fsp3) is 0.346. The van der Waals surface area contributed by atoms with Crippen LogP contribution in [0.15, 0.2) is 36.4 Å². The molecule has 0 bridgehead atoms. The molecule has 0 N–H and O–H groups in total. The van der Waals surface area contributed by atoms with Crippen LogP contribution in [0.3, 0.4) is 0 Å². The molecule has 1 aliphatic heterocycles. The minimum absolute atomic E-state index is 1.02. The van der Waals surface area contributed by atoms with Gasteiger partial charge in [0.15, 0.2) is 0 Å². The number of aryl methyl sites for hydroxylation is 4. The number of allylic oxidation sites excluding steroid dienone is 2. The van der Waals surface area contributed by atoms with Crippen molar-refractivity contribution in [3.8, 4) is 0 Å². The minimum atomic E-state index is 1.02. The Morgan fingerprint density at radius 2 is 1.21 bits per heavy atom. The molecular weight excluding hydrogens is 340 g/mol. The molecule has 2 aromatic rings. The Balaban J connectivity index is 2.07. The number of rotatable bonds is 4. The van der Waals surface area contributed by atoms with Crippen molar-refractivity contribution >= 4 is 29.4 Å². The van der Waals surface area contributed by atoms with E-state index in [1.54, 1.807) is 0 Å². The van der Waals surface area contributed by atoms with Crippen LogP contribution in [0.2, 0.25) is 0 Å². The van der Waals surface area contributed by atoms with Crippen molar-refractivity contribution in [1.29, 1.82) is 0 Å². The molecule has 2 nitrogen and oxygen atoms in total. The molecule has 3 rings (SSSR count). The van der Waals surface area contributed by atoms with E-state index in [9.17, 15) is 0 Å². The predicted octanol–water partition coefficient (Wildman–Crippen LogP) is 6.57. The zero-order valence-corrected chi connectivity index (χ0v) is 18.4. The minimum Gasteiger partial charge on any atom is -0.227 e. The Morgan fingerprint density at radius 3 is 1.68 bits per heavy atom. The summed E-state index contributed by atoms with van der Waals surface area (Å²) < 4.78 is 2.49. The number of hydrogen-bond acceptors (Lipinski definition) is 1. The molecule has 0 aromatic heterocycles. The van der Waals surface area contributed by atoms with Gasteiger partial charge in [0.25, 0.3) is 5.84 Å². The number of nitrogens with zero attached hydrogens (tertiary/aromatic N) is 2.